The van der Waals surface area contributed by atoms with Gasteiger partial charge in [0.2, 0.25) is 26.9 Å². The summed E-state index contributed by atoms with van der Waals surface area (Å²) in [5, 5.41) is 2.66. The fourth-order valence-corrected chi connectivity index (χ4v) is 20.2. The molecule has 485 valence electrons. The molecular formula is C59H67B50N7+3. The van der Waals surface area contributed by atoms with Crippen molar-refractivity contribution < 1.29 is 13.7 Å². The Hall–Kier alpha value is -3.22. The smallest absolute Gasteiger partial charge is 0.251 e. The number of hydrogen-bond acceptors (Lipinski definition) is 4. The Kier molecular flexibility index (Phi) is 33.5. The maximum atomic E-state index is 6.25. The molecule has 53 radical (unpaired) electrons. The first kappa shape index (κ1) is 96.6. The molecule has 0 saturated carbocycles. The van der Waals surface area contributed by atoms with Crippen molar-refractivity contribution in [1.82, 2.24) is 9.71 Å². The Morgan fingerprint density at radius 3 is 1.25 bits per heavy atom. The van der Waals surface area contributed by atoms with Gasteiger partial charge in [-0.1, -0.05) is 131 Å². The second kappa shape index (κ2) is 40.2. The molecule has 0 amide bonds. The van der Waals surface area contributed by atoms with Gasteiger partial charge in [-0.05, 0) is 60.9 Å². The molecular weight excluding hydrogens is 1350 g/mol. The molecule has 7 aliphatic heterocycles. The van der Waals surface area contributed by atoms with Gasteiger partial charge in [-0.3, -0.25) is 0 Å². The fraction of sp³-hybridized carbons (Fsp3) is 0.339. The highest BCUT2D eigenvalue weighted by molar-refractivity contribution is 7.79. The van der Waals surface area contributed by atoms with Gasteiger partial charge in [-0.2, -0.15) is 21.5 Å². The number of pyridine rings is 3. The lowest BCUT2D eigenvalue weighted by Crippen LogP contribution is -2.59. The Labute approximate surface area is 744 Å². The predicted molar refractivity (Wildman–Crippen MR) is 557 cm³/mol. The van der Waals surface area contributed by atoms with Crippen molar-refractivity contribution >= 4 is 386 Å². The van der Waals surface area contributed by atoms with Crippen LogP contribution in [0.4, 0.5) is 11.4 Å². The zero-order valence-electron chi connectivity index (χ0n) is 69.9. The summed E-state index contributed by atoms with van der Waals surface area (Å²) in [5.41, 5.74) is 10.7. The third-order valence-corrected chi connectivity index (χ3v) is 27.0. The van der Waals surface area contributed by atoms with Gasteiger partial charge in [-0.15, -0.1) is 15.3 Å². The van der Waals surface area contributed by atoms with Crippen molar-refractivity contribution in [2.45, 2.75) is 93.4 Å². The molecule has 7 aliphatic rings. The maximum absolute atomic E-state index is 6.25. The molecule has 116 heavy (non-hydrogen) atoms. The number of hydrogen-bond donors (Lipinski definition) is 0. The molecule has 10 heterocycles. The Balaban J connectivity index is 0.000000166. The molecule has 0 N–H and O–H groups in total. The average Bonchev–Trinajstić information content (AvgIpc) is 1.52. The zero-order valence-corrected chi connectivity index (χ0v) is 69.9. The Bertz CT molecular complexity index is 4370. The highest BCUT2D eigenvalue weighted by Gasteiger charge is 2.74. The van der Waals surface area contributed by atoms with E-state index < -0.39 is 87.6 Å². The quantitative estimate of drug-likeness (QED) is 0.0421. The van der Waals surface area contributed by atoms with Crippen molar-refractivity contribution in [3.05, 3.63) is 180 Å². The molecule has 5 fully saturated rings. The number of fused-ring (bicyclic) bond motifs is 1. The molecule has 0 spiro atoms. The summed E-state index contributed by atoms with van der Waals surface area (Å²) < 4.78 is 6.37. The van der Waals surface area contributed by atoms with E-state index in [0.29, 0.717) is 13.2 Å². The van der Waals surface area contributed by atoms with E-state index in [4.69, 9.17) is 193 Å². The molecule has 3 aromatic carbocycles. The topological polar surface area (TPSA) is 24.6 Å². The van der Waals surface area contributed by atoms with Crippen LogP contribution in [-0.2, 0) is 21.1 Å². The minimum absolute atomic E-state index is 0.137. The van der Waals surface area contributed by atoms with Crippen molar-refractivity contribution in [3.8, 4) is 22.3 Å². The third kappa shape index (κ3) is 18.9. The first-order valence-corrected chi connectivity index (χ1v) is 40.2. The van der Waals surface area contributed by atoms with Crippen LogP contribution in [0.3, 0.4) is 0 Å². The average molecular weight is 1410 g/mol. The van der Waals surface area contributed by atoms with Crippen molar-refractivity contribution in [2.75, 3.05) is 23.8 Å². The zero-order chi connectivity index (χ0) is 86.1. The summed E-state index contributed by atoms with van der Waals surface area (Å²) in [4.78, 5) is 9.07. The van der Waals surface area contributed by atoms with Gasteiger partial charge in [-0.25, -0.2) is 13.7 Å². The van der Waals surface area contributed by atoms with Crippen LogP contribution in [-0.4, -0.2) is 394 Å². The molecule has 6 aromatic rings. The largest absolute Gasteiger partial charge is 0.402 e. The number of para-hydroxylation sites is 2. The molecule has 5 saturated heterocycles. The van der Waals surface area contributed by atoms with E-state index >= 15 is 0 Å². The minimum atomic E-state index is -0.690. The minimum Gasteiger partial charge on any atom is -0.402 e. The van der Waals surface area contributed by atoms with E-state index in [-0.39, 0.29) is 88.0 Å². The second-order valence-corrected chi connectivity index (χ2v) is 33.4. The van der Waals surface area contributed by atoms with Gasteiger partial charge in [0.1, 0.15) is 51.1 Å². The number of aryl methyl sites for hydroxylation is 3. The van der Waals surface area contributed by atoms with Gasteiger partial charge in [0.25, 0.3) is 6.71 Å². The molecule has 3 aromatic heterocycles. The summed E-state index contributed by atoms with van der Waals surface area (Å²) >= 11 is 0. The summed E-state index contributed by atoms with van der Waals surface area (Å²) in [6.07, 6.45) is 7.70. The number of nitrogens with zero attached hydrogens (tertiary/aromatic N) is 7. The van der Waals surface area contributed by atoms with E-state index in [0.717, 1.165) is 27.3 Å². The molecule has 7 nitrogen and oxygen atoms in total. The molecule has 8 atom stereocenters. The van der Waals surface area contributed by atoms with Crippen LogP contribution in [0.15, 0.2) is 180 Å². The molecule has 0 aliphatic carbocycles. The standard InChI is InChI=1S/C15H14B10N.C15H15B10N.C12H15B10N2.C9H10B10N.C8H13B10N2/c1-21-14(15(23(16)17)24(18)25(19)20)22(21)13-10-12(8-9-26(13)2)11-6-4-3-5-7-11;1-11-15(23(17)18,24(21-16)25(19)20)22(11)14-9-8-13(10-26(14)2)12-6-4-3-5-7-12;1-8-12(20(14)15,21(18-13)22(16)17)19(8)24-9(2)23(3)10-6-4-5-7-11(10)24;1-15-8(9(17(10)11)18(12)19(13)14)16(15)7-5-3-4-6-20(7)2;1-6-8(16(10)11,17(14-9)18(12)13)15(6)20-5-4-19(3)7(20)2/h3-10H,1-2H3;3-11H,1-2H3;4-9H,1-3H3;3-6H,1-2H3;4-7H,1-3H3/q2*+1;;+1;/b15-14-;;;9-8-;/t;11-,15?;8-,9+,12?;;6-,7+,8?/m.11.1/s1. The first-order chi connectivity index (χ1) is 54.6. The molecule has 3 unspecified atom stereocenters. The summed E-state index contributed by atoms with van der Waals surface area (Å²) in [7, 11) is 164. The van der Waals surface area contributed by atoms with Crippen molar-refractivity contribution in [2.24, 2.45) is 21.1 Å². The maximum Gasteiger partial charge on any atom is 0.251 e. The Morgan fingerprint density at radius 2 is 0.828 bits per heavy atom. The first-order valence-electron chi connectivity index (χ1n) is 40.2. The fourth-order valence-electron chi connectivity index (χ4n) is 20.2. The molecule has 57 heteroatoms. The highest BCUT2D eigenvalue weighted by Crippen LogP contribution is 2.69. The van der Waals surface area contributed by atoms with Crippen molar-refractivity contribution in [3.63, 3.8) is 0 Å². The lowest BCUT2D eigenvalue weighted by Gasteiger charge is -2.36. The highest BCUT2D eigenvalue weighted by atomic mass is 15.4. The predicted octanol–water partition coefficient (Wildman–Crippen LogP) is -9.40. The van der Waals surface area contributed by atoms with Crippen LogP contribution in [0, 0.1) is 0 Å². The van der Waals surface area contributed by atoms with Gasteiger partial charge in [0, 0.05) is 341 Å². The molecule has 0 bridgehead atoms. The number of benzene rings is 3. The van der Waals surface area contributed by atoms with Gasteiger partial charge >= 0.3 is 0 Å². The summed E-state index contributed by atoms with van der Waals surface area (Å²) in [6.45, 7) is 12.0. The van der Waals surface area contributed by atoms with E-state index in [1.807, 2.05) is 89.1 Å². The van der Waals surface area contributed by atoms with Crippen molar-refractivity contribution in [1.29, 1.82) is 0 Å². The van der Waals surface area contributed by atoms with Gasteiger partial charge < -0.3 is 19.4 Å². The van der Waals surface area contributed by atoms with Gasteiger partial charge in [0.15, 0.2) is 18.6 Å². The summed E-state index contributed by atoms with van der Waals surface area (Å²) in [5.74, 6) is 0.745. The summed E-state index contributed by atoms with van der Waals surface area (Å²) in [6, 6.07) is 43.7. The SMILES string of the molecule is [B]B([B])B([B])/C(B([B])[B])=C1/B(C)B1c1cc(-c2ccccc2)cc[n+]1C.[B]B([B])B([B])/C(B([B])[B])=C1/B(C)B1c1cccc[n+]1C.[B][B]B(B([B])[B])C1(B([B])[B])B(N2C=CN(C)[C@@H]2C)[C@@H]1C.[B][B]B(B([B])[B])C1(B([B])[B])B(N2c3ccccc3N(C)[C@@H]2C)[C@@H]1C.[B][B]B(B([B])[B])C1(B([B])[B])B(c2ccc(-c3ccccc3)c[n+]2C)[C@@H]1C. The van der Waals surface area contributed by atoms with Gasteiger partial charge in [0.05, 0.1) is 44.0 Å². The van der Waals surface area contributed by atoms with E-state index in [1.54, 1.807) is 21.2 Å². The van der Waals surface area contributed by atoms with E-state index in [2.05, 4.69) is 186 Å². The van der Waals surface area contributed by atoms with E-state index in [1.165, 1.54) is 44.6 Å². The van der Waals surface area contributed by atoms with Crippen LogP contribution in [0.1, 0.15) is 34.6 Å². The van der Waals surface area contributed by atoms with Crippen LogP contribution in [0.25, 0.3) is 22.3 Å². The second-order valence-electron chi connectivity index (χ2n) is 33.4. The lowest BCUT2D eigenvalue weighted by atomic mass is 8.73. The number of aromatic nitrogens is 3. The molecule has 13 rings (SSSR count). The normalized spacial score (nSPS) is 22.0. The monoisotopic (exact) mass is 1420 g/mol. The van der Waals surface area contributed by atoms with Crippen LogP contribution in [0.5, 0.6) is 0 Å². The number of rotatable bonds is 25. The van der Waals surface area contributed by atoms with Crippen LogP contribution in [0.2, 0.25) is 46.4 Å². The third-order valence-electron chi connectivity index (χ3n) is 27.0. The van der Waals surface area contributed by atoms with Crippen LogP contribution >= 0.6 is 0 Å². The number of anilines is 2. The van der Waals surface area contributed by atoms with E-state index in [9.17, 15) is 0 Å². The lowest BCUT2D eigenvalue weighted by molar-refractivity contribution is -0.654. The Morgan fingerprint density at radius 1 is 0.405 bits per heavy atom. The van der Waals surface area contributed by atoms with Crippen LogP contribution < -0.4 is 40.2 Å².